The number of nitrogens with zero attached hydrogens (tertiary/aromatic N) is 1. The summed E-state index contributed by atoms with van der Waals surface area (Å²) in [6.07, 6.45) is 3.60. The van der Waals surface area contributed by atoms with Gasteiger partial charge in [-0.1, -0.05) is 44.2 Å². The smallest absolute Gasteiger partial charge is 0.241 e. The molecule has 0 radical (unpaired) electrons. The lowest BCUT2D eigenvalue weighted by atomic mass is 9.96. The van der Waals surface area contributed by atoms with Gasteiger partial charge in [0.2, 0.25) is 5.91 Å². The number of amides is 1. The van der Waals surface area contributed by atoms with Gasteiger partial charge in [0.05, 0.1) is 0 Å². The molecule has 0 spiro atoms. The first kappa shape index (κ1) is 24.2. The number of nitrogens with one attached hydrogen (secondary N) is 2. The topological polar surface area (TPSA) is 44.4 Å². The fourth-order valence-electron chi connectivity index (χ4n) is 3.42. The van der Waals surface area contributed by atoms with Crippen molar-refractivity contribution in [3.05, 3.63) is 35.9 Å². The van der Waals surface area contributed by atoms with Gasteiger partial charge >= 0.3 is 0 Å². The second-order valence-electron chi connectivity index (χ2n) is 6.33. The summed E-state index contributed by atoms with van der Waals surface area (Å²) in [7, 11) is 0. The number of hydrogen-bond acceptors (Lipinski definition) is 3. The third kappa shape index (κ3) is 7.53. The molecule has 2 N–H and O–H groups in total. The van der Waals surface area contributed by atoms with E-state index in [1.807, 2.05) is 30.3 Å². The van der Waals surface area contributed by atoms with Crippen LogP contribution in [-0.4, -0.2) is 43.5 Å². The first-order valence-electron chi connectivity index (χ1n) is 9.03. The second-order valence-corrected chi connectivity index (χ2v) is 6.33. The molecule has 2 atom stereocenters. The van der Waals surface area contributed by atoms with Gasteiger partial charge < -0.3 is 10.6 Å². The number of benzene rings is 1. The molecule has 2 unspecified atom stereocenters. The molecule has 1 aromatic rings. The van der Waals surface area contributed by atoms with Crippen molar-refractivity contribution in [1.82, 2.24) is 15.5 Å². The highest BCUT2D eigenvalue weighted by Gasteiger charge is 2.25. The maximum Gasteiger partial charge on any atom is 0.241 e. The van der Waals surface area contributed by atoms with Crippen molar-refractivity contribution in [2.24, 2.45) is 5.92 Å². The average Bonchev–Trinajstić information content (AvgIpc) is 2.61. The summed E-state index contributed by atoms with van der Waals surface area (Å²) < 4.78 is 0. The molecule has 0 bridgehead atoms. The van der Waals surface area contributed by atoms with E-state index in [1.165, 1.54) is 12.8 Å². The lowest BCUT2D eigenvalue weighted by Crippen LogP contribution is -2.41. The van der Waals surface area contributed by atoms with E-state index in [9.17, 15) is 4.79 Å². The highest BCUT2D eigenvalue weighted by atomic mass is 35.5. The highest BCUT2D eigenvalue weighted by molar-refractivity contribution is 5.85. The molecule has 0 saturated carbocycles. The summed E-state index contributed by atoms with van der Waals surface area (Å²) in [5.74, 6) is 0.830. The Labute approximate surface area is 164 Å². The zero-order valence-electron chi connectivity index (χ0n) is 15.4. The predicted molar refractivity (Wildman–Crippen MR) is 110 cm³/mol. The largest absolute Gasteiger partial charge is 0.354 e. The van der Waals surface area contributed by atoms with Gasteiger partial charge in [0.25, 0.3) is 0 Å². The lowest BCUT2D eigenvalue weighted by Gasteiger charge is -2.29. The Hall–Kier alpha value is -0.810. The van der Waals surface area contributed by atoms with Crippen LogP contribution in [0.2, 0.25) is 0 Å². The summed E-state index contributed by atoms with van der Waals surface area (Å²) in [6, 6.07) is 9.92. The number of carbonyl (C=O) groups excluding carboxylic acids is 1. The van der Waals surface area contributed by atoms with Crippen molar-refractivity contribution in [2.75, 3.05) is 32.7 Å². The van der Waals surface area contributed by atoms with E-state index in [4.69, 9.17) is 0 Å². The molecule has 1 saturated heterocycles. The molecular formula is C19H33Cl2N3O. The maximum atomic E-state index is 12.8. The average molecular weight is 390 g/mol. The quantitative estimate of drug-likeness (QED) is 0.715. The van der Waals surface area contributed by atoms with E-state index in [-0.39, 0.29) is 36.8 Å². The Morgan fingerprint density at radius 1 is 1.24 bits per heavy atom. The second kappa shape index (κ2) is 13.4. The number of hydrogen-bond donors (Lipinski definition) is 2. The number of rotatable bonds is 8. The van der Waals surface area contributed by atoms with Gasteiger partial charge in [0.15, 0.2) is 0 Å². The molecule has 144 valence electrons. The van der Waals surface area contributed by atoms with Crippen LogP contribution >= 0.6 is 24.8 Å². The van der Waals surface area contributed by atoms with Crippen LogP contribution in [0.5, 0.6) is 0 Å². The van der Waals surface area contributed by atoms with Gasteiger partial charge in [-0.3, -0.25) is 9.69 Å². The van der Waals surface area contributed by atoms with Crippen LogP contribution in [0, 0.1) is 5.92 Å². The van der Waals surface area contributed by atoms with Crippen molar-refractivity contribution in [3.8, 4) is 0 Å². The van der Waals surface area contributed by atoms with E-state index < -0.39 is 0 Å². The minimum atomic E-state index is -0.185. The molecule has 0 aliphatic carbocycles. The summed E-state index contributed by atoms with van der Waals surface area (Å²) in [4.78, 5) is 15.0. The molecule has 4 nitrogen and oxygen atoms in total. The van der Waals surface area contributed by atoms with Crippen LogP contribution in [0.15, 0.2) is 30.3 Å². The molecule has 1 heterocycles. The molecule has 0 aromatic heterocycles. The molecule has 1 fully saturated rings. The van der Waals surface area contributed by atoms with Crippen molar-refractivity contribution in [2.45, 2.75) is 39.2 Å². The maximum absolute atomic E-state index is 12.8. The Morgan fingerprint density at radius 3 is 2.48 bits per heavy atom. The Morgan fingerprint density at radius 2 is 1.92 bits per heavy atom. The normalized spacial score (nSPS) is 18.0. The van der Waals surface area contributed by atoms with Crippen molar-refractivity contribution < 1.29 is 4.79 Å². The minimum Gasteiger partial charge on any atom is -0.354 e. The number of likely N-dealkylation sites (N-methyl/N-ethyl adjacent to an activating group) is 1. The van der Waals surface area contributed by atoms with E-state index in [2.05, 4.69) is 29.4 Å². The van der Waals surface area contributed by atoms with E-state index in [0.717, 1.165) is 44.7 Å². The van der Waals surface area contributed by atoms with E-state index >= 15 is 0 Å². The van der Waals surface area contributed by atoms with Gasteiger partial charge in [-0.15, -0.1) is 24.8 Å². The first-order chi connectivity index (χ1) is 11.3. The van der Waals surface area contributed by atoms with E-state index in [1.54, 1.807) is 0 Å². The van der Waals surface area contributed by atoms with Gasteiger partial charge in [0.1, 0.15) is 6.04 Å². The minimum absolute atomic E-state index is 0. The lowest BCUT2D eigenvalue weighted by molar-refractivity contribution is -0.126. The number of carbonyl (C=O) groups is 1. The standard InChI is InChI=1S/C19H31N3O.2ClH/c1-3-22(4-2)18(17-10-6-5-7-11-17)19(23)21-14-12-16-9-8-13-20-15-16;;/h5-7,10-11,16,18,20H,3-4,8-9,12-15H2,1-2H3,(H,21,23);2*1H. The van der Waals surface area contributed by atoms with Gasteiger partial charge in [-0.25, -0.2) is 0 Å². The predicted octanol–water partition coefficient (Wildman–Crippen LogP) is 3.42. The molecule has 2 rings (SSSR count). The molecular weight excluding hydrogens is 357 g/mol. The van der Waals surface area contributed by atoms with Crippen LogP contribution in [0.1, 0.15) is 44.7 Å². The summed E-state index contributed by atoms with van der Waals surface area (Å²) in [5, 5.41) is 6.61. The highest BCUT2D eigenvalue weighted by Crippen LogP contribution is 2.21. The van der Waals surface area contributed by atoms with Gasteiger partial charge in [0, 0.05) is 6.54 Å². The SMILES string of the molecule is CCN(CC)C(C(=O)NCCC1CCCNC1)c1ccccc1.Cl.Cl. The van der Waals surface area contributed by atoms with Crippen LogP contribution in [0.25, 0.3) is 0 Å². The fourth-order valence-corrected chi connectivity index (χ4v) is 3.42. The van der Waals surface area contributed by atoms with Gasteiger partial charge in [-0.05, 0) is 56.9 Å². The number of halogens is 2. The van der Waals surface area contributed by atoms with Crippen molar-refractivity contribution in [3.63, 3.8) is 0 Å². The zero-order chi connectivity index (χ0) is 16.5. The molecule has 25 heavy (non-hydrogen) atoms. The molecule has 6 heteroatoms. The molecule has 1 aromatic carbocycles. The zero-order valence-corrected chi connectivity index (χ0v) is 17.0. The molecule has 1 aliphatic rings. The van der Waals surface area contributed by atoms with Crippen molar-refractivity contribution in [1.29, 1.82) is 0 Å². The molecule has 1 amide bonds. The monoisotopic (exact) mass is 389 g/mol. The Balaban J connectivity index is 0.00000288. The molecule has 1 aliphatic heterocycles. The Bertz CT molecular complexity index is 463. The Kier molecular flexibility index (Phi) is 13.0. The summed E-state index contributed by atoms with van der Waals surface area (Å²) in [6.45, 7) is 8.97. The van der Waals surface area contributed by atoms with Crippen molar-refractivity contribution >= 4 is 30.7 Å². The van der Waals surface area contributed by atoms with Crippen LogP contribution in [-0.2, 0) is 4.79 Å². The third-order valence-corrected chi connectivity index (χ3v) is 4.79. The summed E-state index contributed by atoms with van der Waals surface area (Å²) in [5.41, 5.74) is 1.08. The van der Waals surface area contributed by atoms with Crippen LogP contribution in [0.3, 0.4) is 0 Å². The van der Waals surface area contributed by atoms with Crippen LogP contribution in [0.4, 0.5) is 0 Å². The van der Waals surface area contributed by atoms with Gasteiger partial charge in [-0.2, -0.15) is 0 Å². The third-order valence-electron chi connectivity index (χ3n) is 4.79. The fraction of sp³-hybridized carbons (Fsp3) is 0.632. The first-order valence-corrected chi connectivity index (χ1v) is 9.03. The van der Waals surface area contributed by atoms with Crippen LogP contribution < -0.4 is 10.6 Å². The number of piperidine rings is 1. The summed E-state index contributed by atoms with van der Waals surface area (Å²) >= 11 is 0. The van der Waals surface area contributed by atoms with E-state index in [0.29, 0.717) is 5.92 Å².